The number of carbonyl (C=O) groups is 2. The summed E-state index contributed by atoms with van der Waals surface area (Å²) in [7, 11) is 0. The molecule has 29 heavy (non-hydrogen) atoms. The van der Waals surface area contributed by atoms with E-state index in [1.165, 1.54) is 4.90 Å². The fraction of sp³-hybridized carbons (Fsp3) is 0.364. The maximum absolute atomic E-state index is 13.1. The molecule has 2 aromatic carbocycles. The summed E-state index contributed by atoms with van der Waals surface area (Å²) >= 11 is 12.3. The number of benzene rings is 2. The molecule has 7 heteroatoms. The second-order valence-electron chi connectivity index (χ2n) is 6.63. The fourth-order valence-electron chi connectivity index (χ4n) is 2.99. The van der Waals surface area contributed by atoms with E-state index in [9.17, 15) is 9.59 Å². The van der Waals surface area contributed by atoms with Crippen molar-refractivity contribution in [2.75, 3.05) is 13.2 Å². The van der Waals surface area contributed by atoms with Gasteiger partial charge in [-0.1, -0.05) is 54.4 Å². The second kappa shape index (κ2) is 11.1. The van der Waals surface area contributed by atoms with Gasteiger partial charge in [0.2, 0.25) is 5.91 Å². The van der Waals surface area contributed by atoms with Crippen molar-refractivity contribution in [1.82, 2.24) is 10.2 Å². The van der Waals surface area contributed by atoms with E-state index in [-0.39, 0.29) is 25.0 Å². The van der Waals surface area contributed by atoms with Gasteiger partial charge < -0.3 is 15.0 Å². The monoisotopic (exact) mass is 436 g/mol. The lowest BCUT2D eigenvalue weighted by Gasteiger charge is -2.30. The number of amides is 2. The minimum Gasteiger partial charge on any atom is -0.484 e. The number of aryl methyl sites for hydroxylation is 1. The Morgan fingerprint density at radius 2 is 1.86 bits per heavy atom. The van der Waals surface area contributed by atoms with Gasteiger partial charge in [0.05, 0.1) is 0 Å². The highest BCUT2D eigenvalue weighted by Gasteiger charge is 2.29. The van der Waals surface area contributed by atoms with Gasteiger partial charge in [-0.3, -0.25) is 9.59 Å². The van der Waals surface area contributed by atoms with Crippen molar-refractivity contribution in [3.8, 4) is 5.75 Å². The molecule has 2 aromatic rings. The predicted molar refractivity (Wildman–Crippen MR) is 116 cm³/mol. The zero-order valence-corrected chi connectivity index (χ0v) is 18.4. The van der Waals surface area contributed by atoms with Crippen molar-refractivity contribution in [2.45, 2.75) is 39.8 Å². The molecule has 0 spiro atoms. The molecule has 0 aliphatic carbocycles. The van der Waals surface area contributed by atoms with E-state index >= 15 is 0 Å². The number of para-hydroxylation sites is 1. The van der Waals surface area contributed by atoms with E-state index in [1.54, 1.807) is 18.2 Å². The SMILES string of the molecule is CCNC(=O)C(CC)N(Cc1ccc(Cl)cc1Cl)C(=O)COc1ccccc1C. The summed E-state index contributed by atoms with van der Waals surface area (Å²) in [5.74, 6) is 0.137. The lowest BCUT2D eigenvalue weighted by molar-refractivity contribution is -0.142. The highest BCUT2D eigenvalue weighted by molar-refractivity contribution is 6.35. The first kappa shape index (κ1) is 23.0. The smallest absolute Gasteiger partial charge is 0.261 e. The van der Waals surface area contributed by atoms with Gasteiger partial charge in [0.25, 0.3) is 5.91 Å². The molecule has 5 nitrogen and oxygen atoms in total. The fourth-order valence-corrected chi connectivity index (χ4v) is 3.45. The summed E-state index contributed by atoms with van der Waals surface area (Å²) in [5, 5.41) is 3.75. The molecule has 0 bridgehead atoms. The van der Waals surface area contributed by atoms with E-state index < -0.39 is 6.04 Å². The van der Waals surface area contributed by atoms with Gasteiger partial charge in [-0.05, 0) is 49.6 Å². The predicted octanol–water partition coefficient (Wildman–Crippen LogP) is 4.62. The third kappa shape index (κ3) is 6.38. The lowest BCUT2D eigenvalue weighted by Crippen LogP contribution is -2.50. The number of carbonyl (C=O) groups excluding carboxylic acids is 2. The molecule has 2 rings (SSSR count). The van der Waals surface area contributed by atoms with Crippen LogP contribution in [0.1, 0.15) is 31.4 Å². The standard InChI is InChI=1S/C22H26Cl2N2O3/c1-4-19(22(28)25-5-2)26(13-16-10-11-17(23)12-18(16)24)21(27)14-29-20-9-7-6-8-15(20)3/h6-12,19H,4-5,13-14H2,1-3H3,(H,25,28). The number of nitrogens with zero attached hydrogens (tertiary/aromatic N) is 1. The number of nitrogens with one attached hydrogen (secondary N) is 1. The zero-order valence-electron chi connectivity index (χ0n) is 16.9. The van der Waals surface area contributed by atoms with Crippen molar-refractivity contribution in [1.29, 1.82) is 0 Å². The maximum Gasteiger partial charge on any atom is 0.261 e. The van der Waals surface area contributed by atoms with E-state index in [4.69, 9.17) is 27.9 Å². The van der Waals surface area contributed by atoms with Gasteiger partial charge in [-0.2, -0.15) is 0 Å². The molecule has 0 aromatic heterocycles. The van der Waals surface area contributed by atoms with Crippen LogP contribution >= 0.6 is 23.2 Å². The Labute approximate surface area is 181 Å². The van der Waals surface area contributed by atoms with Gasteiger partial charge >= 0.3 is 0 Å². The van der Waals surface area contributed by atoms with Crippen LogP contribution in [-0.2, 0) is 16.1 Å². The minimum absolute atomic E-state index is 0.175. The summed E-state index contributed by atoms with van der Waals surface area (Å²) in [6.45, 7) is 6.11. The Balaban J connectivity index is 2.25. The third-order valence-corrected chi connectivity index (χ3v) is 5.12. The average molecular weight is 437 g/mol. The maximum atomic E-state index is 13.1. The molecule has 0 heterocycles. The van der Waals surface area contributed by atoms with Crippen LogP contribution in [-0.4, -0.2) is 35.9 Å². The first-order valence-corrected chi connectivity index (χ1v) is 10.3. The van der Waals surface area contributed by atoms with Crippen LogP contribution in [0.15, 0.2) is 42.5 Å². The second-order valence-corrected chi connectivity index (χ2v) is 7.47. The largest absolute Gasteiger partial charge is 0.484 e. The minimum atomic E-state index is -0.630. The molecule has 0 fully saturated rings. The zero-order chi connectivity index (χ0) is 21.4. The number of halogens is 2. The number of hydrogen-bond donors (Lipinski definition) is 1. The quantitative estimate of drug-likeness (QED) is 0.623. The molecule has 0 aliphatic heterocycles. The summed E-state index contributed by atoms with van der Waals surface area (Å²) < 4.78 is 5.72. The Morgan fingerprint density at radius 3 is 2.48 bits per heavy atom. The molecule has 1 unspecified atom stereocenters. The highest BCUT2D eigenvalue weighted by atomic mass is 35.5. The van der Waals surface area contributed by atoms with Crippen LogP contribution in [0.4, 0.5) is 0 Å². The van der Waals surface area contributed by atoms with Crippen molar-refractivity contribution in [2.24, 2.45) is 0 Å². The Bertz CT molecular complexity index is 858. The van der Waals surface area contributed by atoms with Crippen LogP contribution in [0.5, 0.6) is 5.75 Å². The van der Waals surface area contributed by atoms with Crippen LogP contribution in [0.2, 0.25) is 10.0 Å². The summed E-state index contributed by atoms with van der Waals surface area (Å²) in [4.78, 5) is 27.2. The van der Waals surface area contributed by atoms with Gasteiger partial charge in [0, 0.05) is 23.1 Å². The van der Waals surface area contributed by atoms with Gasteiger partial charge in [-0.15, -0.1) is 0 Å². The molecule has 0 radical (unpaired) electrons. The van der Waals surface area contributed by atoms with E-state index in [0.717, 1.165) is 5.56 Å². The number of ether oxygens (including phenoxy) is 1. The number of rotatable bonds is 9. The summed E-state index contributed by atoms with van der Waals surface area (Å²) in [6.07, 6.45) is 0.465. The topological polar surface area (TPSA) is 58.6 Å². The average Bonchev–Trinajstić information content (AvgIpc) is 2.68. The molecule has 0 aliphatic rings. The van der Waals surface area contributed by atoms with Gasteiger partial charge in [0.1, 0.15) is 11.8 Å². The molecule has 1 N–H and O–H groups in total. The summed E-state index contributed by atoms with van der Waals surface area (Å²) in [5.41, 5.74) is 1.64. The first-order valence-electron chi connectivity index (χ1n) is 9.56. The molecule has 1 atom stereocenters. The van der Waals surface area contributed by atoms with Crippen LogP contribution in [0, 0.1) is 6.92 Å². The third-order valence-electron chi connectivity index (χ3n) is 4.54. The van der Waals surface area contributed by atoms with Crippen LogP contribution < -0.4 is 10.1 Å². The molecule has 2 amide bonds. The van der Waals surface area contributed by atoms with E-state index in [1.807, 2.05) is 45.0 Å². The Hall–Kier alpha value is -2.24. The molecule has 0 saturated heterocycles. The molecular weight excluding hydrogens is 411 g/mol. The van der Waals surface area contributed by atoms with Crippen molar-refractivity contribution in [3.63, 3.8) is 0 Å². The van der Waals surface area contributed by atoms with Crippen LogP contribution in [0.3, 0.4) is 0 Å². The molecule has 0 saturated carbocycles. The van der Waals surface area contributed by atoms with Crippen molar-refractivity contribution < 1.29 is 14.3 Å². The Morgan fingerprint density at radius 1 is 1.14 bits per heavy atom. The first-order chi connectivity index (χ1) is 13.9. The number of hydrogen-bond acceptors (Lipinski definition) is 3. The Kier molecular flexibility index (Phi) is 8.80. The van der Waals surface area contributed by atoms with E-state index in [2.05, 4.69) is 5.32 Å². The van der Waals surface area contributed by atoms with Gasteiger partial charge in [0.15, 0.2) is 6.61 Å². The number of likely N-dealkylation sites (N-methyl/N-ethyl adjacent to an activating group) is 1. The molecule has 156 valence electrons. The van der Waals surface area contributed by atoms with Gasteiger partial charge in [-0.25, -0.2) is 0 Å². The highest BCUT2D eigenvalue weighted by Crippen LogP contribution is 2.24. The van der Waals surface area contributed by atoms with Crippen LogP contribution in [0.25, 0.3) is 0 Å². The van der Waals surface area contributed by atoms with Crippen molar-refractivity contribution >= 4 is 35.0 Å². The summed E-state index contributed by atoms with van der Waals surface area (Å²) in [6, 6.07) is 11.9. The van der Waals surface area contributed by atoms with Crippen molar-refractivity contribution in [3.05, 3.63) is 63.6 Å². The molecular formula is C22H26Cl2N2O3. The van der Waals surface area contributed by atoms with E-state index in [0.29, 0.717) is 34.3 Å². The lowest BCUT2D eigenvalue weighted by atomic mass is 10.1. The normalized spacial score (nSPS) is 11.6.